The van der Waals surface area contributed by atoms with Gasteiger partial charge in [-0.3, -0.25) is 9.59 Å². The summed E-state index contributed by atoms with van der Waals surface area (Å²) in [6.45, 7) is 26.5. The second-order valence-corrected chi connectivity index (χ2v) is 26.2. The van der Waals surface area contributed by atoms with E-state index in [1.165, 1.54) is 76.0 Å². The summed E-state index contributed by atoms with van der Waals surface area (Å²) in [7, 11) is 1.60. The molecule has 4 aliphatic carbocycles. The Hall–Kier alpha value is -8.57. The summed E-state index contributed by atoms with van der Waals surface area (Å²) in [5.41, 5.74) is 9.11. The monoisotopic (exact) mass is 1240 g/mol. The SMILES string of the molecule is C=CC(=O)COc1ccc(-c2ccc(C(=O)OC(C)c3cccc(OC)c3)cc2)cc1.C=CC(=O)COc1ccc(-c2ccc(C(=O)OC(C)c3ccccc3)cc2)cc1.C=CC(=O)OC1CC[C@@]2(C)C(=CCC3C4CCC(C(C)CCCC(C)C)[C@@]4(C)CCC32)C1. The van der Waals surface area contributed by atoms with E-state index in [-0.39, 0.29) is 48.9 Å². The minimum Gasteiger partial charge on any atom is -0.497 e. The Balaban J connectivity index is 0.000000178. The van der Waals surface area contributed by atoms with Gasteiger partial charge < -0.3 is 28.4 Å². The van der Waals surface area contributed by atoms with Crippen LogP contribution in [0.4, 0.5) is 0 Å². The van der Waals surface area contributed by atoms with Crippen molar-refractivity contribution in [2.75, 3.05) is 20.3 Å². The number of hydrogen-bond acceptors (Lipinski definition) is 11. The van der Waals surface area contributed by atoms with E-state index < -0.39 is 12.1 Å². The molecule has 0 aliphatic heterocycles. The van der Waals surface area contributed by atoms with E-state index in [1.54, 1.807) is 61.2 Å². The fourth-order valence-corrected chi connectivity index (χ4v) is 14.7. The van der Waals surface area contributed by atoms with E-state index in [4.69, 9.17) is 28.4 Å². The van der Waals surface area contributed by atoms with Gasteiger partial charge in [-0.2, -0.15) is 0 Å². The third kappa shape index (κ3) is 17.9. The highest BCUT2D eigenvalue weighted by Crippen LogP contribution is 2.67. The molecule has 0 radical (unpaired) electrons. The number of allylic oxidation sites excluding steroid dienone is 1. The van der Waals surface area contributed by atoms with Crippen LogP contribution in [0.15, 0.2) is 201 Å². The van der Waals surface area contributed by atoms with Crippen molar-refractivity contribution < 1.29 is 52.4 Å². The molecule has 0 heterocycles. The Kier molecular flexibility index (Phi) is 24.6. The van der Waals surface area contributed by atoms with Crippen molar-refractivity contribution >= 4 is 29.5 Å². The number of carbonyl (C=O) groups is 5. The molecule has 11 heteroatoms. The van der Waals surface area contributed by atoms with Gasteiger partial charge in [0.15, 0.2) is 24.8 Å². The van der Waals surface area contributed by atoms with Crippen LogP contribution in [0.5, 0.6) is 17.2 Å². The predicted octanol–water partition coefficient (Wildman–Crippen LogP) is 18.9. The van der Waals surface area contributed by atoms with Crippen molar-refractivity contribution in [2.45, 2.75) is 137 Å². The van der Waals surface area contributed by atoms with Gasteiger partial charge in [0.05, 0.1) is 18.2 Å². The summed E-state index contributed by atoms with van der Waals surface area (Å²) < 4.78 is 32.8. The molecule has 0 bridgehead atoms. The van der Waals surface area contributed by atoms with Crippen LogP contribution in [0.1, 0.15) is 163 Å². The maximum atomic E-state index is 12.5. The summed E-state index contributed by atoms with van der Waals surface area (Å²) in [5.74, 6) is 5.81. The average Bonchev–Trinajstić information content (AvgIpc) is 0.871. The lowest BCUT2D eigenvalue weighted by Gasteiger charge is -2.58. The maximum Gasteiger partial charge on any atom is 0.338 e. The predicted molar refractivity (Wildman–Crippen MR) is 365 cm³/mol. The molecule has 92 heavy (non-hydrogen) atoms. The lowest BCUT2D eigenvalue weighted by molar-refractivity contribution is -0.145. The summed E-state index contributed by atoms with van der Waals surface area (Å²) in [6, 6.07) is 46.3. The van der Waals surface area contributed by atoms with Gasteiger partial charge in [0.1, 0.15) is 35.6 Å². The quantitative estimate of drug-likeness (QED) is 0.0247. The largest absolute Gasteiger partial charge is 0.497 e. The van der Waals surface area contributed by atoms with Crippen LogP contribution in [0, 0.1) is 46.3 Å². The summed E-state index contributed by atoms with van der Waals surface area (Å²) in [4.78, 5) is 59.1. The zero-order valence-electron chi connectivity index (χ0n) is 55.2. The number of carbonyl (C=O) groups excluding carboxylic acids is 5. The fraction of sp³-hybridized carbons (Fsp3) is 0.395. The molecule has 0 amide bonds. The molecule has 0 aromatic heterocycles. The van der Waals surface area contributed by atoms with Crippen molar-refractivity contribution in [1.82, 2.24) is 0 Å². The van der Waals surface area contributed by atoms with Crippen LogP contribution in [-0.4, -0.2) is 55.9 Å². The average molecular weight is 1240 g/mol. The molecule has 0 N–H and O–H groups in total. The van der Waals surface area contributed by atoms with E-state index in [0.717, 1.165) is 81.7 Å². The third-order valence-electron chi connectivity index (χ3n) is 19.9. The Morgan fingerprint density at radius 2 is 1.08 bits per heavy atom. The molecule has 3 saturated carbocycles. The highest BCUT2D eigenvalue weighted by Gasteiger charge is 2.59. The van der Waals surface area contributed by atoms with Gasteiger partial charge in [-0.05, 0) is 211 Å². The van der Waals surface area contributed by atoms with Crippen molar-refractivity contribution in [3.05, 3.63) is 224 Å². The fourth-order valence-electron chi connectivity index (χ4n) is 14.7. The third-order valence-corrected chi connectivity index (χ3v) is 19.9. The molecule has 6 aromatic carbocycles. The number of benzene rings is 6. The molecule has 11 nitrogen and oxygen atoms in total. The lowest BCUT2D eigenvalue weighted by atomic mass is 9.47. The first-order valence-corrected chi connectivity index (χ1v) is 32.9. The van der Waals surface area contributed by atoms with Gasteiger partial charge in [0, 0.05) is 12.5 Å². The number of rotatable bonds is 24. The number of ether oxygens (including phenoxy) is 6. The smallest absolute Gasteiger partial charge is 0.338 e. The minimum atomic E-state index is -0.400. The zero-order chi connectivity index (χ0) is 66.0. The second-order valence-electron chi connectivity index (χ2n) is 26.2. The van der Waals surface area contributed by atoms with Gasteiger partial charge in [-0.25, -0.2) is 14.4 Å². The minimum absolute atomic E-state index is 0.0267. The van der Waals surface area contributed by atoms with Crippen LogP contribution in [-0.2, 0) is 28.6 Å². The Morgan fingerprint density at radius 1 is 0.554 bits per heavy atom. The molecule has 6 aromatic rings. The van der Waals surface area contributed by atoms with Gasteiger partial charge in [0.2, 0.25) is 0 Å². The molecule has 3 fully saturated rings. The van der Waals surface area contributed by atoms with Crippen LogP contribution >= 0.6 is 0 Å². The van der Waals surface area contributed by atoms with Crippen molar-refractivity contribution in [3.63, 3.8) is 0 Å². The van der Waals surface area contributed by atoms with Crippen LogP contribution in [0.25, 0.3) is 22.3 Å². The molecular formula is C81H94O11. The Labute approximate surface area is 546 Å². The normalized spacial score (nSPS) is 21.9. The number of fused-ring (bicyclic) bond motifs is 5. The molecule has 484 valence electrons. The topological polar surface area (TPSA) is 141 Å². The first-order chi connectivity index (χ1) is 44.2. The molecule has 4 aliphatic rings. The van der Waals surface area contributed by atoms with E-state index in [9.17, 15) is 24.0 Å². The lowest BCUT2D eigenvalue weighted by Crippen LogP contribution is -2.51. The number of hydrogen-bond donors (Lipinski definition) is 0. The summed E-state index contributed by atoms with van der Waals surface area (Å²) >= 11 is 0. The Bertz CT molecular complexity index is 3490. The summed E-state index contributed by atoms with van der Waals surface area (Å²) in [5, 5.41) is 0. The van der Waals surface area contributed by atoms with E-state index in [1.807, 2.05) is 117 Å². The van der Waals surface area contributed by atoms with Gasteiger partial charge in [0.25, 0.3) is 0 Å². The second kappa shape index (κ2) is 32.6. The van der Waals surface area contributed by atoms with Gasteiger partial charge in [-0.1, -0.05) is 176 Å². The van der Waals surface area contributed by atoms with Crippen LogP contribution in [0.3, 0.4) is 0 Å². The van der Waals surface area contributed by atoms with Gasteiger partial charge >= 0.3 is 17.9 Å². The standard InChI is InChI=1S/C30H48O2.C26H24O5.C25H22O4/c1-7-28(31)32-23-15-17-29(5)22(19-23)11-12-24-26-14-13-25(21(4)10-8-9-20(2)3)30(26,6)18-16-27(24)29;1-4-23(27)17-30-24-14-12-20(13-15-24)19-8-10-21(11-9-19)26(28)31-18(2)22-6-5-7-25(16-22)29-3;1-3-23(26)17-28-24-15-13-21(14-16-24)20-9-11-22(12-10-20)25(27)29-18(2)19-7-5-4-6-8-19/h7,11,20-21,23-27H,1,8-10,12-19H2,2-6H3;4-16,18H,1,17H2,2-3H3;3-16,18H,1,17H2,2H3/t21?,23?,24?,25?,26?,27?,29-,30+;;/m0../s1. The molecule has 0 spiro atoms. The molecule has 0 saturated heterocycles. The van der Waals surface area contributed by atoms with Crippen LogP contribution < -0.4 is 14.2 Å². The highest BCUT2D eigenvalue weighted by atomic mass is 16.6. The summed E-state index contributed by atoms with van der Waals surface area (Å²) in [6.07, 6.45) is 20.0. The van der Waals surface area contributed by atoms with Crippen molar-refractivity contribution in [2.24, 2.45) is 46.3 Å². The van der Waals surface area contributed by atoms with E-state index in [2.05, 4.69) is 60.4 Å². The van der Waals surface area contributed by atoms with Gasteiger partial charge in [-0.15, -0.1) is 0 Å². The highest BCUT2D eigenvalue weighted by molar-refractivity contribution is 5.92. The van der Waals surface area contributed by atoms with E-state index >= 15 is 0 Å². The van der Waals surface area contributed by atoms with Crippen LogP contribution in [0.2, 0.25) is 0 Å². The number of methoxy groups -OCH3 is 1. The van der Waals surface area contributed by atoms with E-state index in [0.29, 0.717) is 39.2 Å². The Morgan fingerprint density at radius 3 is 1.59 bits per heavy atom. The maximum absolute atomic E-state index is 12.5. The first kappa shape index (κ1) is 69.3. The zero-order valence-corrected chi connectivity index (χ0v) is 55.2. The van der Waals surface area contributed by atoms with Crippen molar-refractivity contribution in [1.29, 1.82) is 0 Å². The molecule has 8 unspecified atom stereocenters. The first-order valence-electron chi connectivity index (χ1n) is 32.9. The van der Waals surface area contributed by atoms with Crippen molar-refractivity contribution in [3.8, 4) is 39.5 Å². The number of ketones is 2. The number of esters is 3. The molecule has 10 rings (SSSR count). The molecule has 10 atom stereocenters. The molecular weight excluding hydrogens is 1150 g/mol.